The molecule has 0 saturated carbocycles. The van der Waals surface area contributed by atoms with Crippen molar-refractivity contribution in [2.24, 2.45) is 11.8 Å². The van der Waals surface area contributed by atoms with E-state index in [-0.39, 0.29) is 17.7 Å². The summed E-state index contributed by atoms with van der Waals surface area (Å²) >= 11 is 0. The van der Waals surface area contributed by atoms with Crippen molar-refractivity contribution in [3.05, 3.63) is 23.8 Å². The van der Waals surface area contributed by atoms with Gasteiger partial charge in [-0.2, -0.15) is 0 Å². The molecule has 3 nitrogen and oxygen atoms in total. The number of methoxy groups -OCH3 is 1. The zero-order valence-electron chi connectivity index (χ0n) is 15.6. The lowest BCUT2D eigenvalue weighted by Gasteiger charge is -2.30. The van der Waals surface area contributed by atoms with Crippen LogP contribution in [0.2, 0.25) is 0 Å². The second kappa shape index (κ2) is 9.83. The van der Waals surface area contributed by atoms with E-state index in [9.17, 15) is 4.79 Å². The largest absolute Gasteiger partial charge is 0.460 e. The first kappa shape index (κ1) is 20.9. The van der Waals surface area contributed by atoms with Gasteiger partial charge in [0.1, 0.15) is 0 Å². The number of ether oxygens (including phenoxy) is 2. The highest BCUT2D eigenvalue weighted by atomic mass is 16.5. The van der Waals surface area contributed by atoms with Gasteiger partial charge in [-0.05, 0) is 64.9 Å². The van der Waals surface area contributed by atoms with Crippen LogP contribution in [-0.4, -0.2) is 24.8 Å². The van der Waals surface area contributed by atoms with Gasteiger partial charge in [0.15, 0.2) is 0 Å². The predicted octanol–water partition coefficient (Wildman–Crippen LogP) is 4.92. The Labute approximate surface area is 136 Å². The molecule has 0 heterocycles. The molecule has 0 fully saturated rings. The summed E-state index contributed by atoms with van der Waals surface area (Å²) in [7, 11) is 1.77. The Morgan fingerprint density at radius 3 is 2.23 bits per heavy atom. The van der Waals surface area contributed by atoms with E-state index in [1.807, 2.05) is 26.8 Å². The third-order valence-corrected chi connectivity index (χ3v) is 4.15. The minimum Gasteiger partial charge on any atom is -0.460 e. The number of rotatable bonds is 9. The summed E-state index contributed by atoms with van der Waals surface area (Å²) < 4.78 is 10.6. The third kappa shape index (κ3) is 9.04. The molecule has 0 rings (SSSR count). The molecular weight excluding hydrogens is 276 g/mol. The van der Waals surface area contributed by atoms with Crippen molar-refractivity contribution >= 4 is 5.97 Å². The fourth-order valence-corrected chi connectivity index (χ4v) is 1.97. The Kier molecular flexibility index (Phi) is 9.34. The zero-order valence-corrected chi connectivity index (χ0v) is 15.6. The summed E-state index contributed by atoms with van der Waals surface area (Å²) in [5.41, 5.74) is 0.836. The minimum absolute atomic E-state index is 0.0786. The van der Waals surface area contributed by atoms with Crippen molar-refractivity contribution < 1.29 is 14.3 Å². The highest BCUT2D eigenvalue weighted by Crippen LogP contribution is 2.26. The number of allylic oxidation sites excluding steroid dienone is 3. The number of esters is 1. The van der Waals surface area contributed by atoms with Gasteiger partial charge in [0.05, 0.1) is 11.7 Å². The van der Waals surface area contributed by atoms with Gasteiger partial charge < -0.3 is 9.47 Å². The molecule has 0 aromatic heterocycles. The molecule has 128 valence electrons. The van der Waals surface area contributed by atoms with Crippen LogP contribution in [0.25, 0.3) is 0 Å². The molecule has 0 saturated heterocycles. The van der Waals surface area contributed by atoms with Gasteiger partial charge in [-0.15, -0.1) is 0 Å². The lowest BCUT2D eigenvalue weighted by Crippen LogP contribution is -2.31. The number of carbonyl (C=O) groups is 1. The zero-order chi connectivity index (χ0) is 17.3. The lowest BCUT2D eigenvalue weighted by molar-refractivity contribution is -0.141. The van der Waals surface area contributed by atoms with E-state index >= 15 is 0 Å². The molecule has 0 bridgehead atoms. The van der Waals surface area contributed by atoms with Crippen LogP contribution in [0.15, 0.2) is 23.8 Å². The summed E-state index contributed by atoms with van der Waals surface area (Å²) in [6, 6.07) is 0. The van der Waals surface area contributed by atoms with Crippen molar-refractivity contribution in [3.8, 4) is 0 Å². The van der Waals surface area contributed by atoms with Crippen molar-refractivity contribution in [1.29, 1.82) is 0 Å². The monoisotopic (exact) mass is 310 g/mol. The highest BCUT2D eigenvalue weighted by molar-refractivity contribution is 5.83. The van der Waals surface area contributed by atoms with Crippen LogP contribution in [0.5, 0.6) is 0 Å². The summed E-state index contributed by atoms with van der Waals surface area (Å²) in [5, 5.41) is 0. The first-order valence-corrected chi connectivity index (χ1v) is 8.20. The van der Waals surface area contributed by atoms with E-state index in [0.29, 0.717) is 11.8 Å². The SMILES string of the molecule is COC(C)(C)C(C)CCC(C)/C=C/C(C)=C/C(=O)OC(C)C. The number of carbonyl (C=O) groups excluding carboxylic acids is 1. The van der Waals surface area contributed by atoms with E-state index in [1.54, 1.807) is 13.2 Å². The summed E-state index contributed by atoms with van der Waals surface area (Å²) in [6.45, 7) is 14.3. The molecule has 0 aliphatic carbocycles. The van der Waals surface area contributed by atoms with E-state index in [1.165, 1.54) is 0 Å². The molecule has 0 N–H and O–H groups in total. The van der Waals surface area contributed by atoms with E-state index < -0.39 is 0 Å². The van der Waals surface area contributed by atoms with E-state index in [4.69, 9.17) is 9.47 Å². The first-order valence-electron chi connectivity index (χ1n) is 8.20. The predicted molar refractivity (Wildman–Crippen MR) is 92.8 cm³/mol. The highest BCUT2D eigenvalue weighted by Gasteiger charge is 2.24. The van der Waals surface area contributed by atoms with Crippen molar-refractivity contribution in [2.45, 2.75) is 73.0 Å². The topological polar surface area (TPSA) is 35.5 Å². The van der Waals surface area contributed by atoms with Crippen LogP contribution in [0.3, 0.4) is 0 Å². The summed E-state index contributed by atoms with van der Waals surface area (Å²) in [6.07, 6.45) is 7.84. The first-order chi connectivity index (χ1) is 10.1. The maximum atomic E-state index is 11.5. The van der Waals surface area contributed by atoms with Gasteiger partial charge in [-0.1, -0.05) is 26.0 Å². The van der Waals surface area contributed by atoms with Crippen LogP contribution in [-0.2, 0) is 14.3 Å². The van der Waals surface area contributed by atoms with Crippen LogP contribution in [0, 0.1) is 11.8 Å². The molecule has 0 aromatic rings. The number of hydrogen-bond donors (Lipinski definition) is 0. The Bertz CT molecular complexity index is 391. The summed E-state index contributed by atoms with van der Waals surface area (Å²) in [5.74, 6) is 0.700. The molecule has 0 aliphatic heterocycles. The van der Waals surface area contributed by atoms with E-state index in [0.717, 1.165) is 18.4 Å². The van der Waals surface area contributed by atoms with Gasteiger partial charge in [0.25, 0.3) is 0 Å². The van der Waals surface area contributed by atoms with Crippen molar-refractivity contribution in [1.82, 2.24) is 0 Å². The van der Waals surface area contributed by atoms with Gasteiger partial charge in [-0.25, -0.2) is 4.79 Å². The van der Waals surface area contributed by atoms with Crippen LogP contribution < -0.4 is 0 Å². The average molecular weight is 310 g/mol. The molecule has 22 heavy (non-hydrogen) atoms. The lowest BCUT2D eigenvalue weighted by atomic mass is 9.86. The molecule has 0 aliphatic rings. The standard InChI is InChI=1S/C19H34O3/c1-14(2)22-18(20)13-16(4)10-9-15(3)11-12-17(5)19(6,7)21-8/h9-10,13-15,17H,11-12H2,1-8H3/b10-9+,16-13+. The number of hydrogen-bond acceptors (Lipinski definition) is 3. The van der Waals surface area contributed by atoms with Gasteiger partial charge in [0.2, 0.25) is 0 Å². The normalized spacial score (nSPS) is 16.1. The van der Waals surface area contributed by atoms with Crippen LogP contribution in [0.4, 0.5) is 0 Å². The smallest absolute Gasteiger partial charge is 0.331 e. The fraction of sp³-hybridized carbons (Fsp3) is 0.737. The van der Waals surface area contributed by atoms with Gasteiger partial charge in [0, 0.05) is 13.2 Å². The second-order valence-electron chi connectivity index (χ2n) is 7.00. The average Bonchev–Trinajstić information content (AvgIpc) is 2.41. The molecule has 2 unspecified atom stereocenters. The Balaban J connectivity index is 4.33. The second-order valence-corrected chi connectivity index (χ2v) is 7.00. The molecule has 0 radical (unpaired) electrons. The Morgan fingerprint density at radius 1 is 1.14 bits per heavy atom. The van der Waals surface area contributed by atoms with Crippen molar-refractivity contribution in [3.63, 3.8) is 0 Å². The Hall–Kier alpha value is -1.09. The minimum atomic E-state index is -0.278. The molecule has 2 atom stereocenters. The molecule has 0 amide bonds. The fourth-order valence-electron chi connectivity index (χ4n) is 1.97. The maximum Gasteiger partial charge on any atom is 0.331 e. The molecular formula is C19H34O3. The molecule has 0 spiro atoms. The molecule has 0 aromatic carbocycles. The van der Waals surface area contributed by atoms with E-state index in [2.05, 4.69) is 33.8 Å². The van der Waals surface area contributed by atoms with Crippen LogP contribution >= 0.6 is 0 Å². The summed E-state index contributed by atoms with van der Waals surface area (Å²) in [4.78, 5) is 11.5. The third-order valence-electron chi connectivity index (χ3n) is 4.15. The molecule has 3 heteroatoms. The van der Waals surface area contributed by atoms with Crippen LogP contribution in [0.1, 0.15) is 61.3 Å². The Morgan fingerprint density at radius 2 is 1.73 bits per heavy atom. The van der Waals surface area contributed by atoms with Crippen molar-refractivity contribution in [2.75, 3.05) is 7.11 Å². The quantitative estimate of drug-likeness (QED) is 0.344. The maximum absolute atomic E-state index is 11.5. The van der Waals surface area contributed by atoms with Gasteiger partial charge in [-0.3, -0.25) is 0 Å². The van der Waals surface area contributed by atoms with Gasteiger partial charge >= 0.3 is 5.97 Å².